The molecule has 2 aromatic rings. The molecule has 0 radical (unpaired) electrons. The van der Waals surface area contributed by atoms with Crippen LogP contribution in [0.15, 0.2) is 41.8 Å². The molecule has 8 heteroatoms. The zero-order valence-electron chi connectivity index (χ0n) is 13.0. The normalized spacial score (nSPS) is 14.0. The van der Waals surface area contributed by atoms with E-state index in [1.165, 1.54) is 35.6 Å². The molecule has 0 unspecified atom stereocenters. The van der Waals surface area contributed by atoms with E-state index >= 15 is 0 Å². The van der Waals surface area contributed by atoms with Crippen LogP contribution in [0.25, 0.3) is 0 Å². The Kier molecular flexibility index (Phi) is 4.96. The van der Waals surface area contributed by atoms with Crippen molar-refractivity contribution >= 4 is 46.4 Å². The minimum Gasteiger partial charge on any atom is -0.291 e. The largest absolute Gasteiger partial charge is 0.291 e. The van der Waals surface area contributed by atoms with Gasteiger partial charge in [0.15, 0.2) is 5.78 Å². The first kappa shape index (κ1) is 17.3. The van der Waals surface area contributed by atoms with Gasteiger partial charge in [0.1, 0.15) is 6.54 Å². The Morgan fingerprint density at radius 1 is 1.08 bits per heavy atom. The second-order valence-electron chi connectivity index (χ2n) is 5.37. The summed E-state index contributed by atoms with van der Waals surface area (Å²) in [6.45, 7) is -0.389. The topological polar surface area (TPSA) is 74.8 Å². The van der Waals surface area contributed by atoms with Crippen molar-refractivity contribution in [2.75, 3.05) is 6.54 Å². The van der Waals surface area contributed by atoms with Gasteiger partial charge in [-0.25, -0.2) is 5.01 Å². The predicted molar refractivity (Wildman–Crippen MR) is 92.2 cm³/mol. The van der Waals surface area contributed by atoms with Crippen LogP contribution < -0.4 is 0 Å². The summed E-state index contributed by atoms with van der Waals surface area (Å²) in [4.78, 5) is 49.8. The quantitative estimate of drug-likeness (QED) is 0.594. The van der Waals surface area contributed by atoms with Crippen LogP contribution in [-0.4, -0.2) is 40.1 Å². The van der Waals surface area contributed by atoms with E-state index in [4.69, 9.17) is 11.6 Å². The van der Waals surface area contributed by atoms with Crippen molar-refractivity contribution in [2.24, 2.45) is 0 Å². The highest BCUT2D eigenvalue weighted by Crippen LogP contribution is 2.20. The molecule has 1 aliphatic rings. The first-order chi connectivity index (χ1) is 12.0. The van der Waals surface area contributed by atoms with E-state index in [2.05, 4.69) is 0 Å². The summed E-state index contributed by atoms with van der Waals surface area (Å²) in [5.74, 6) is -1.94. The lowest BCUT2D eigenvalue weighted by Crippen LogP contribution is -2.51. The van der Waals surface area contributed by atoms with Crippen molar-refractivity contribution in [2.45, 2.75) is 12.8 Å². The average Bonchev–Trinajstić information content (AvgIpc) is 3.24. The third kappa shape index (κ3) is 3.62. The molecule has 0 atom stereocenters. The number of hydrazine groups is 1. The van der Waals surface area contributed by atoms with Crippen LogP contribution in [-0.2, 0) is 9.59 Å². The predicted octanol–water partition coefficient (Wildman–Crippen LogP) is 2.79. The summed E-state index contributed by atoms with van der Waals surface area (Å²) < 4.78 is 0. The van der Waals surface area contributed by atoms with E-state index in [1.807, 2.05) is 0 Å². The Labute approximate surface area is 152 Å². The fourth-order valence-electron chi connectivity index (χ4n) is 2.46. The molecule has 3 rings (SSSR count). The molecule has 6 nitrogen and oxygen atoms in total. The molecule has 0 aliphatic carbocycles. The summed E-state index contributed by atoms with van der Waals surface area (Å²) in [6, 6.07) is 9.38. The van der Waals surface area contributed by atoms with Crippen LogP contribution in [0.3, 0.4) is 0 Å². The number of thiophene rings is 1. The number of amides is 3. The maximum Gasteiger partial charge on any atom is 0.273 e. The van der Waals surface area contributed by atoms with Crippen LogP contribution >= 0.6 is 22.9 Å². The van der Waals surface area contributed by atoms with E-state index < -0.39 is 17.7 Å². The molecule has 3 amide bonds. The zero-order valence-corrected chi connectivity index (χ0v) is 14.5. The Hall–Kier alpha value is -2.51. The molecule has 1 aliphatic heterocycles. The van der Waals surface area contributed by atoms with Crippen molar-refractivity contribution in [3.8, 4) is 0 Å². The van der Waals surface area contributed by atoms with Gasteiger partial charge in [0.2, 0.25) is 11.8 Å². The van der Waals surface area contributed by atoms with Crippen LogP contribution in [0.5, 0.6) is 0 Å². The number of rotatable bonds is 5. The number of Topliss-reactive ketones (excluding diaryl/α,β-unsaturated/α-hetero) is 1. The van der Waals surface area contributed by atoms with Gasteiger partial charge in [-0.1, -0.05) is 17.7 Å². The lowest BCUT2D eigenvalue weighted by atomic mass is 10.2. The molecule has 1 aromatic carbocycles. The van der Waals surface area contributed by atoms with Crippen molar-refractivity contribution in [3.05, 3.63) is 57.2 Å². The lowest BCUT2D eigenvalue weighted by molar-refractivity contribution is -0.152. The SMILES string of the molecule is O=C(CN(C(=O)c1ccc(Cl)cc1)N1C(=O)CCC1=O)c1cccs1. The number of hydrogen-bond acceptors (Lipinski definition) is 5. The lowest BCUT2D eigenvalue weighted by Gasteiger charge is -2.29. The van der Waals surface area contributed by atoms with Crippen molar-refractivity contribution in [1.29, 1.82) is 0 Å². The molecule has 0 N–H and O–H groups in total. The fraction of sp³-hybridized carbons (Fsp3) is 0.176. The molecule has 25 heavy (non-hydrogen) atoms. The van der Waals surface area contributed by atoms with Gasteiger partial charge < -0.3 is 0 Å². The second-order valence-corrected chi connectivity index (χ2v) is 6.75. The monoisotopic (exact) mass is 376 g/mol. The van der Waals surface area contributed by atoms with Gasteiger partial charge in [-0.05, 0) is 35.7 Å². The molecular weight excluding hydrogens is 364 g/mol. The van der Waals surface area contributed by atoms with Gasteiger partial charge in [0.05, 0.1) is 4.88 Å². The van der Waals surface area contributed by atoms with Crippen molar-refractivity contribution in [1.82, 2.24) is 10.0 Å². The van der Waals surface area contributed by atoms with Gasteiger partial charge >= 0.3 is 0 Å². The van der Waals surface area contributed by atoms with Crippen molar-refractivity contribution < 1.29 is 19.2 Å². The minimum atomic E-state index is -0.606. The minimum absolute atomic E-state index is 0.0242. The number of halogens is 1. The highest BCUT2D eigenvalue weighted by atomic mass is 35.5. The average molecular weight is 377 g/mol. The van der Waals surface area contributed by atoms with Gasteiger partial charge in [0, 0.05) is 23.4 Å². The number of hydrogen-bond donors (Lipinski definition) is 0. The number of carbonyl (C=O) groups excluding carboxylic acids is 4. The number of carbonyl (C=O) groups is 4. The summed E-state index contributed by atoms with van der Waals surface area (Å²) in [7, 11) is 0. The van der Waals surface area contributed by atoms with E-state index in [0.29, 0.717) is 9.90 Å². The molecule has 2 heterocycles. The maximum absolute atomic E-state index is 12.8. The summed E-state index contributed by atoms with van der Waals surface area (Å²) in [6.07, 6.45) is 0.0485. The van der Waals surface area contributed by atoms with Gasteiger partial charge in [0.25, 0.3) is 5.91 Å². The molecule has 0 spiro atoms. The van der Waals surface area contributed by atoms with Crippen LogP contribution in [0, 0.1) is 0 Å². The third-order valence-corrected chi connectivity index (χ3v) is 4.84. The number of benzene rings is 1. The van der Waals surface area contributed by atoms with E-state index in [1.54, 1.807) is 17.5 Å². The van der Waals surface area contributed by atoms with E-state index in [9.17, 15) is 19.2 Å². The van der Waals surface area contributed by atoms with Gasteiger partial charge in [-0.2, -0.15) is 5.01 Å². The Balaban J connectivity index is 1.92. The zero-order chi connectivity index (χ0) is 18.0. The third-order valence-electron chi connectivity index (χ3n) is 3.68. The summed E-state index contributed by atoms with van der Waals surface area (Å²) >= 11 is 7.06. The first-order valence-corrected chi connectivity index (χ1v) is 8.73. The number of nitrogens with zero attached hydrogens (tertiary/aromatic N) is 2. The molecule has 128 valence electrons. The van der Waals surface area contributed by atoms with E-state index in [-0.39, 0.29) is 30.7 Å². The van der Waals surface area contributed by atoms with Gasteiger partial charge in [-0.15, -0.1) is 11.3 Å². The first-order valence-electron chi connectivity index (χ1n) is 7.47. The smallest absolute Gasteiger partial charge is 0.273 e. The number of ketones is 1. The van der Waals surface area contributed by atoms with Crippen molar-refractivity contribution in [3.63, 3.8) is 0 Å². The van der Waals surface area contributed by atoms with Crippen LogP contribution in [0.2, 0.25) is 5.02 Å². The van der Waals surface area contributed by atoms with E-state index in [0.717, 1.165) is 10.0 Å². The highest BCUT2D eigenvalue weighted by molar-refractivity contribution is 7.12. The molecular formula is C17H13ClN2O4S. The number of imide groups is 1. The molecule has 0 bridgehead atoms. The highest BCUT2D eigenvalue weighted by Gasteiger charge is 2.38. The second kappa shape index (κ2) is 7.16. The van der Waals surface area contributed by atoms with Crippen LogP contribution in [0.4, 0.5) is 0 Å². The van der Waals surface area contributed by atoms with Crippen LogP contribution in [0.1, 0.15) is 32.9 Å². The summed E-state index contributed by atoms with van der Waals surface area (Å²) in [5.41, 5.74) is 0.232. The Morgan fingerprint density at radius 2 is 1.72 bits per heavy atom. The summed E-state index contributed by atoms with van der Waals surface area (Å²) in [5, 5.41) is 3.89. The standard InChI is InChI=1S/C17H13ClN2O4S/c18-12-5-3-11(4-6-12)17(24)19(20-15(22)7-8-16(20)23)10-13(21)14-2-1-9-25-14/h1-6,9H,7-8,10H2. The Bertz CT molecular complexity index is 817. The molecule has 0 saturated carbocycles. The molecule has 1 saturated heterocycles. The van der Waals surface area contributed by atoms with Gasteiger partial charge in [-0.3, -0.25) is 19.2 Å². The molecule has 1 fully saturated rings. The Morgan fingerprint density at radius 3 is 2.28 bits per heavy atom. The fourth-order valence-corrected chi connectivity index (χ4v) is 3.24. The molecule has 1 aromatic heterocycles. The maximum atomic E-state index is 12.8.